The third kappa shape index (κ3) is 9.21. The lowest BCUT2D eigenvalue weighted by molar-refractivity contribution is 0.223. The Morgan fingerprint density at radius 2 is 1.50 bits per heavy atom. The van der Waals surface area contributed by atoms with Gasteiger partial charge in [-0.15, -0.1) is 0 Å². The SMILES string of the molecule is CC.CC(C)CCCCCN1CCCCC1. The molecule has 1 aliphatic heterocycles. The molecule has 0 unspecified atom stereocenters. The lowest BCUT2D eigenvalue weighted by atomic mass is 10.0. The first-order valence-electron chi connectivity index (χ1n) is 7.51. The molecule has 0 aliphatic carbocycles. The van der Waals surface area contributed by atoms with Crippen LogP contribution in [0.4, 0.5) is 0 Å². The second-order valence-electron chi connectivity index (χ2n) is 5.15. The smallest absolute Gasteiger partial charge is 0.00187 e. The minimum Gasteiger partial charge on any atom is -0.303 e. The molecule has 1 saturated heterocycles. The van der Waals surface area contributed by atoms with E-state index in [0.29, 0.717) is 0 Å². The van der Waals surface area contributed by atoms with Crippen molar-refractivity contribution in [1.82, 2.24) is 4.90 Å². The highest BCUT2D eigenvalue weighted by Crippen LogP contribution is 2.12. The largest absolute Gasteiger partial charge is 0.303 e. The van der Waals surface area contributed by atoms with Crippen LogP contribution in [0.15, 0.2) is 0 Å². The Kier molecular flexibility index (Phi) is 11.4. The molecule has 0 spiro atoms. The van der Waals surface area contributed by atoms with Crippen molar-refractivity contribution >= 4 is 0 Å². The van der Waals surface area contributed by atoms with E-state index in [0.717, 1.165) is 5.92 Å². The number of unbranched alkanes of at least 4 members (excludes halogenated alkanes) is 2. The number of hydrogen-bond donors (Lipinski definition) is 0. The van der Waals surface area contributed by atoms with E-state index >= 15 is 0 Å². The molecule has 1 fully saturated rings. The van der Waals surface area contributed by atoms with Gasteiger partial charge in [-0.3, -0.25) is 0 Å². The molecule has 98 valence electrons. The normalized spacial score (nSPS) is 17.1. The summed E-state index contributed by atoms with van der Waals surface area (Å²) < 4.78 is 0. The van der Waals surface area contributed by atoms with Gasteiger partial charge in [0.05, 0.1) is 0 Å². The lowest BCUT2D eigenvalue weighted by Gasteiger charge is -2.26. The molecular weight excluding hydrogens is 194 g/mol. The third-order valence-electron chi connectivity index (χ3n) is 3.20. The standard InChI is InChI=1S/C13H27N.C2H6/c1-13(2)9-5-3-6-10-14-11-7-4-8-12-14;1-2/h13H,3-12H2,1-2H3;1-2H3. The van der Waals surface area contributed by atoms with Crippen LogP contribution in [-0.4, -0.2) is 24.5 Å². The zero-order chi connectivity index (χ0) is 12.2. The van der Waals surface area contributed by atoms with Gasteiger partial charge in [0.25, 0.3) is 0 Å². The summed E-state index contributed by atoms with van der Waals surface area (Å²) in [6.45, 7) is 12.7. The molecule has 1 rings (SSSR count). The van der Waals surface area contributed by atoms with Crippen LogP contribution in [-0.2, 0) is 0 Å². The Labute approximate surface area is 104 Å². The molecule has 0 aromatic carbocycles. The van der Waals surface area contributed by atoms with Crippen LogP contribution in [0.25, 0.3) is 0 Å². The van der Waals surface area contributed by atoms with E-state index in [4.69, 9.17) is 0 Å². The molecule has 0 aromatic rings. The van der Waals surface area contributed by atoms with Crippen molar-refractivity contribution in [3.05, 3.63) is 0 Å². The van der Waals surface area contributed by atoms with Crippen molar-refractivity contribution in [2.24, 2.45) is 5.92 Å². The maximum absolute atomic E-state index is 2.65. The molecule has 1 nitrogen and oxygen atoms in total. The average Bonchev–Trinajstić information content (AvgIpc) is 2.32. The van der Waals surface area contributed by atoms with Crippen LogP contribution in [0.1, 0.15) is 72.6 Å². The van der Waals surface area contributed by atoms with Gasteiger partial charge in [0, 0.05) is 0 Å². The molecule has 0 bridgehead atoms. The van der Waals surface area contributed by atoms with Gasteiger partial charge in [-0.25, -0.2) is 0 Å². The van der Waals surface area contributed by atoms with Crippen LogP contribution in [0, 0.1) is 5.92 Å². The first kappa shape index (κ1) is 16.0. The molecule has 0 atom stereocenters. The van der Waals surface area contributed by atoms with Gasteiger partial charge in [-0.05, 0) is 44.8 Å². The number of piperidine rings is 1. The summed E-state index contributed by atoms with van der Waals surface area (Å²) in [6.07, 6.45) is 10.1. The summed E-state index contributed by atoms with van der Waals surface area (Å²) >= 11 is 0. The van der Waals surface area contributed by atoms with Crippen molar-refractivity contribution in [2.75, 3.05) is 19.6 Å². The van der Waals surface area contributed by atoms with E-state index in [9.17, 15) is 0 Å². The Morgan fingerprint density at radius 3 is 2.06 bits per heavy atom. The van der Waals surface area contributed by atoms with Crippen molar-refractivity contribution in [1.29, 1.82) is 0 Å². The fraction of sp³-hybridized carbons (Fsp3) is 1.00. The highest BCUT2D eigenvalue weighted by atomic mass is 15.1. The van der Waals surface area contributed by atoms with Gasteiger partial charge in [0.15, 0.2) is 0 Å². The number of rotatable bonds is 6. The zero-order valence-electron chi connectivity index (χ0n) is 12.1. The molecule has 1 heterocycles. The topological polar surface area (TPSA) is 3.24 Å². The summed E-state index contributed by atoms with van der Waals surface area (Å²) in [5, 5.41) is 0. The molecule has 0 saturated carbocycles. The van der Waals surface area contributed by atoms with Crippen molar-refractivity contribution in [3.8, 4) is 0 Å². The molecule has 1 heteroatoms. The van der Waals surface area contributed by atoms with Gasteiger partial charge in [-0.2, -0.15) is 0 Å². The summed E-state index contributed by atoms with van der Waals surface area (Å²) in [4.78, 5) is 2.65. The molecule has 0 N–H and O–H groups in total. The monoisotopic (exact) mass is 227 g/mol. The van der Waals surface area contributed by atoms with E-state index < -0.39 is 0 Å². The maximum Gasteiger partial charge on any atom is -0.00187 e. The fourth-order valence-electron chi connectivity index (χ4n) is 2.25. The number of likely N-dealkylation sites (tertiary alicyclic amines) is 1. The first-order chi connectivity index (χ1) is 7.79. The highest BCUT2D eigenvalue weighted by molar-refractivity contribution is 4.64. The van der Waals surface area contributed by atoms with Gasteiger partial charge >= 0.3 is 0 Å². The average molecular weight is 227 g/mol. The Morgan fingerprint density at radius 1 is 0.875 bits per heavy atom. The minimum atomic E-state index is 0.894. The van der Waals surface area contributed by atoms with E-state index in [-0.39, 0.29) is 0 Å². The minimum absolute atomic E-state index is 0.894. The maximum atomic E-state index is 2.65. The lowest BCUT2D eigenvalue weighted by Crippen LogP contribution is -2.30. The molecule has 0 aromatic heterocycles. The van der Waals surface area contributed by atoms with E-state index in [2.05, 4.69) is 18.7 Å². The van der Waals surface area contributed by atoms with Crippen LogP contribution in [0.3, 0.4) is 0 Å². The van der Waals surface area contributed by atoms with Gasteiger partial charge in [-0.1, -0.05) is 53.4 Å². The predicted molar refractivity (Wildman–Crippen MR) is 74.9 cm³/mol. The zero-order valence-corrected chi connectivity index (χ0v) is 12.1. The summed E-state index contributed by atoms with van der Waals surface area (Å²) in [5.41, 5.74) is 0. The van der Waals surface area contributed by atoms with E-state index in [1.165, 1.54) is 64.6 Å². The highest BCUT2D eigenvalue weighted by Gasteiger charge is 2.08. The van der Waals surface area contributed by atoms with Gasteiger partial charge in [0.1, 0.15) is 0 Å². The predicted octanol–water partition coefficient (Wildman–Crippen LogP) is 4.71. The Balaban J connectivity index is 0.00000106. The molecule has 0 radical (unpaired) electrons. The second kappa shape index (κ2) is 11.4. The van der Waals surface area contributed by atoms with E-state index in [1.807, 2.05) is 13.8 Å². The summed E-state index contributed by atoms with van der Waals surface area (Å²) in [5.74, 6) is 0.894. The van der Waals surface area contributed by atoms with Crippen molar-refractivity contribution in [2.45, 2.75) is 72.6 Å². The van der Waals surface area contributed by atoms with Crippen molar-refractivity contribution in [3.63, 3.8) is 0 Å². The summed E-state index contributed by atoms with van der Waals surface area (Å²) in [6, 6.07) is 0. The van der Waals surface area contributed by atoms with Crippen LogP contribution >= 0.6 is 0 Å². The molecule has 0 amide bonds. The molecule has 16 heavy (non-hydrogen) atoms. The molecular formula is C15H33N. The quantitative estimate of drug-likeness (QED) is 0.594. The van der Waals surface area contributed by atoms with Gasteiger partial charge in [0.2, 0.25) is 0 Å². The molecule has 1 aliphatic rings. The number of nitrogens with zero attached hydrogens (tertiary/aromatic N) is 1. The first-order valence-corrected chi connectivity index (χ1v) is 7.51. The van der Waals surface area contributed by atoms with Crippen LogP contribution in [0.2, 0.25) is 0 Å². The summed E-state index contributed by atoms with van der Waals surface area (Å²) in [7, 11) is 0. The van der Waals surface area contributed by atoms with E-state index in [1.54, 1.807) is 0 Å². The fourth-order valence-corrected chi connectivity index (χ4v) is 2.25. The Bertz CT molecular complexity index is 125. The van der Waals surface area contributed by atoms with Gasteiger partial charge < -0.3 is 4.90 Å². The third-order valence-corrected chi connectivity index (χ3v) is 3.20. The van der Waals surface area contributed by atoms with Crippen molar-refractivity contribution < 1.29 is 0 Å². The number of hydrogen-bond acceptors (Lipinski definition) is 1. The van der Waals surface area contributed by atoms with Crippen LogP contribution < -0.4 is 0 Å². The van der Waals surface area contributed by atoms with Crippen LogP contribution in [0.5, 0.6) is 0 Å². The Hall–Kier alpha value is -0.0400. The second-order valence-corrected chi connectivity index (χ2v) is 5.15.